The molecule has 10 heteroatoms. The van der Waals surface area contributed by atoms with Crippen molar-refractivity contribution < 1.29 is 34.3 Å². The van der Waals surface area contributed by atoms with Crippen molar-refractivity contribution in [3.05, 3.63) is 39.9 Å². The lowest BCUT2D eigenvalue weighted by Gasteiger charge is -2.22. The number of Topliss-reactive ketones (excluding diaryl/α,β-unsaturated/α-hetero) is 1. The molecule has 1 aliphatic rings. The highest BCUT2D eigenvalue weighted by molar-refractivity contribution is 6.05. The SMILES string of the molecule is C[C@@H](O)[C@H](C(=O)O)[C@@H]1CC(=O)C(C(=O)OCc2ccc([N+](=O)[O-])cc2)N1. The second kappa shape index (κ2) is 8.02. The summed E-state index contributed by atoms with van der Waals surface area (Å²) in [5, 5.41) is 31.9. The van der Waals surface area contributed by atoms with Gasteiger partial charge in [-0.3, -0.25) is 25.0 Å². The van der Waals surface area contributed by atoms with Gasteiger partial charge in [0.15, 0.2) is 11.8 Å². The number of nitrogens with zero attached hydrogens (tertiary/aromatic N) is 1. The van der Waals surface area contributed by atoms with Gasteiger partial charge in [-0.15, -0.1) is 0 Å². The molecule has 1 fully saturated rings. The summed E-state index contributed by atoms with van der Waals surface area (Å²) in [6.45, 7) is 1.11. The molecule has 3 N–H and O–H groups in total. The number of non-ortho nitro benzene ring substituents is 1. The zero-order chi connectivity index (χ0) is 19.4. The number of aliphatic hydroxyl groups excluding tert-OH is 1. The number of hydrogen-bond acceptors (Lipinski definition) is 8. The average Bonchev–Trinajstić information content (AvgIpc) is 2.93. The molecule has 2 rings (SSSR count). The number of ketones is 1. The second-order valence-electron chi connectivity index (χ2n) is 6.01. The van der Waals surface area contributed by atoms with Crippen LogP contribution in [-0.4, -0.2) is 51.0 Å². The van der Waals surface area contributed by atoms with Gasteiger partial charge in [0.05, 0.1) is 16.9 Å². The standard InChI is InChI=1S/C16H18N2O8/c1-8(19)13(15(21)22)11-6-12(20)14(17-11)16(23)26-7-9-2-4-10(5-3-9)18(24)25/h2-5,8,11,13-14,17,19H,6-7H2,1H3,(H,21,22)/t8-,11+,13+,14?/m1/s1. The molecule has 26 heavy (non-hydrogen) atoms. The summed E-state index contributed by atoms with van der Waals surface area (Å²) in [5.74, 6) is -3.89. The van der Waals surface area contributed by atoms with Crippen molar-refractivity contribution in [2.75, 3.05) is 0 Å². The quantitative estimate of drug-likeness (QED) is 0.262. The third-order valence-electron chi connectivity index (χ3n) is 4.13. The van der Waals surface area contributed by atoms with Gasteiger partial charge >= 0.3 is 11.9 Å². The number of aliphatic carboxylic acids is 1. The number of esters is 1. The smallest absolute Gasteiger partial charge is 0.331 e. The van der Waals surface area contributed by atoms with Crippen molar-refractivity contribution in [1.82, 2.24) is 5.32 Å². The first-order valence-corrected chi connectivity index (χ1v) is 7.80. The molecule has 1 heterocycles. The Balaban J connectivity index is 1.96. The molecule has 0 aromatic heterocycles. The molecule has 1 saturated heterocycles. The van der Waals surface area contributed by atoms with E-state index in [4.69, 9.17) is 9.84 Å². The monoisotopic (exact) mass is 366 g/mol. The van der Waals surface area contributed by atoms with E-state index >= 15 is 0 Å². The van der Waals surface area contributed by atoms with Gasteiger partial charge in [0, 0.05) is 24.6 Å². The van der Waals surface area contributed by atoms with E-state index in [1.807, 2.05) is 0 Å². The normalized spacial score (nSPS) is 21.8. The van der Waals surface area contributed by atoms with E-state index in [0.717, 1.165) is 0 Å². The number of carbonyl (C=O) groups is 3. The number of hydrogen-bond donors (Lipinski definition) is 3. The van der Waals surface area contributed by atoms with E-state index in [1.165, 1.54) is 31.2 Å². The Kier molecular flexibility index (Phi) is 6.01. The van der Waals surface area contributed by atoms with Crippen molar-refractivity contribution in [2.45, 2.75) is 38.1 Å². The van der Waals surface area contributed by atoms with Crippen LogP contribution in [0.5, 0.6) is 0 Å². The van der Waals surface area contributed by atoms with E-state index in [2.05, 4.69) is 5.32 Å². The lowest BCUT2D eigenvalue weighted by Crippen LogP contribution is -2.46. The van der Waals surface area contributed by atoms with Crippen LogP contribution in [0.1, 0.15) is 18.9 Å². The van der Waals surface area contributed by atoms with Gasteiger partial charge < -0.3 is 14.9 Å². The fourth-order valence-electron chi connectivity index (χ4n) is 2.80. The van der Waals surface area contributed by atoms with Crippen LogP contribution in [0, 0.1) is 16.0 Å². The van der Waals surface area contributed by atoms with Crippen LogP contribution >= 0.6 is 0 Å². The number of carbonyl (C=O) groups excluding carboxylic acids is 2. The minimum Gasteiger partial charge on any atom is -0.481 e. The van der Waals surface area contributed by atoms with Crippen LogP contribution in [0.15, 0.2) is 24.3 Å². The Morgan fingerprint density at radius 1 is 1.38 bits per heavy atom. The van der Waals surface area contributed by atoms with Crippen molar-refractivity contribution >= 4 is 23.4 Å². The number of nitro groups is 1. The minimum atomic E-state index is -1.31. The van der Waals surface area contributed by atoms with Gasteiger partial charge in [-0.2, -0.15) is 0 Å². The maximum absolute atomic E-state index is 12.1. The fourth-order valence-corrected chi connectivity index (χ4v) is 2.80. The van der Waals surface area contributed by atoms with Crippen LogP contribution in [0.3, 0.4) is 0 Å². The lowest BCUT2D eigenvalue weighted by molar-refractivity contribution is -0.384. The molecular weight excluding hydrogens is 348 g/mol. The van der Waals surface area contributed by atoms with Gasteiger partial charge in [-0.05, 0) is 24.6 Å². The van der Waals surface area contributed by atoms with Crippen LogP contribution in [-0.2, 0) is 25.7 Å². The van der Waals surface area contributed by atoms with Crippen molar-refractivity contribution in [1.29, 1.82) is 0 Å². The minimum absolute atomic E-state index is 0.103. The lowest BCUT2D eigenvalue weighted by atomic mass is 9.93. The number of carboxylic acids is 1. The maximum Gasteiger partial charge on any atom is 0.331 e. The Morgan fingerprint density at radius 3 is 2.50 bits per heavy atom. The topological polar surface area (TPSA) is 156 Å². The predicted molar refractivity (Wildman–Crippen MR) is 86.0 cm³/mol. The summed E-state index contributed by atoms with van der Waals surface area (Å²) in [6, 6.07) is 3.18. The molecule has 0 saturated carbocycles. The molecule has 0 bridgehead atoms. The maximum atomic E-state index is 12.1. The highest BCUT2D eigenvalue weighted by Crippen LogP contribution is 2.21. The van der Waals surface area contributed by atoms with Gasteiger partial charge in [0.2, 0.25) is 0 Å². The van der Waals surface area contributed by atoms with Crippen LogP contribution < -0.4 is 5.32 Å². The highest BCUT2D eigenvalue weighted by atomic mass is 16.6. The summed E-state index contributed by atoms with van der Waals surface area (Å²) in [5.41, 5.74) is 0.395. The molecule has 0 amide bonds. The molecule has 1 aromatic rings. The Labute approximate surface area is 147 Å². The first kappa shape index (κ1) is 19.5. The third kappa shape index (κ3) is 4.41. The summed E-state index contributed by atoms with van der Waals surface area (Å²) in [4.78, 5) is 45.3. The van der Waals surface area contributed by atoms with Gasteiger partial charge in [-0.25, -0.2) is 4.79 Å². The van der Waals surface area contributed by atoms with E-state index in [9.17, 15) is 29.6 Å². The number of aliphatic hydroxyl groups is 1. The molecule has 1 aliphatic heterocycles. The number of ether oxygens (including phenoxy) is 1. The number of carboxylic acid groups (broad SMARTS) is 1. The summed E-state index contributed by atoms with van der Waals surface area (Å²) in [7, 11) is 0. The molecule has 1 unspecified atom stereocenters. The second-order valence-corrected chi connectivity index (χ2v) is 6.01. The highest BCUT2D eigenvalue weighted by Gasteiger charge is 2.44. The first-order valence-electron chi connectivity index (χ1n) is 7.80. The summed E-state index contributed by atoms with van der Waals surface area (Å²) in [6.07, 6.45) is -1.41. The number of rotatable bonds is 7. The van der Waals surface area contributed by atoms with E-state index in [0.29, 0.717) is 5.56 Å². The number of benzene rings is 1. The molecule has 0 aliphatic carbocycles. The van der Waals surface area contributed by atoms with Gasteiger partial charge in [0.1, 0.15) is 6.61 Å². The molecular formula is C16H18N2O8. The van der Waals surface area contributed by atoms with Crippen LogP contribution in [0.2, 0.25) is 0 Å². The fraction of sp³-hybridized carbons (Fsp3) is 0.438. The Morgan fingerprint density at radius 2 is 2.00 bits per heavy atom. The molecule has 1 aromatic carbocycles. The van der Waals surface area contributed by atoms with E-state index in [-0.39, 0.29) is 18.7 Å². The summed E-state index contributed by atoms with van der Waals surface area (Å²) >= 11 is 0. The Bertz CT molecular complexity index is 715. The number of nitro benzene ring substituents is 1. The average molecular weight is 366 g/mol. The molecule has 140 valence electrons. The third-order valence-corrected chi connectivity index (χ3v) is 4.13. The molecule has 10 nitrogen and oxygen atoms in total. The molecule has 4 atom stereocenters. The Hall–Kier alpha value is -2.85. The van der Waals surface area contributed by atoms with E-state index < -0.39 is 46.8 Å². The van der Waals surface area contributed by atoms with Gasteiger partial charge in [-0.1, -0.05) is 0 Å². The van der Waals surface area contributed by atoms with E-state index in [1.54, 1.807) is 0 Å². The first-order chi connectivity index (χ1) is 12.2. The van der Waals surface area contributed by atoms with Crippen molar-refractivity contribution in [2.24, 2.45) is 5.92 Å². The van der Waals surface area contributed by atoms with Crippen molar-refractivity contribution in [3.8, 4) is 0 Å². The largest absolute Gasteiger partial charge is 0.481 e. The zero-order valence-corrected chi connectivity index (χ0v) is 13.8. The zero-order valence-electron chi connectivity index (χ0n) is 13.8. The molecule has 0 spiro atoms. The van der Waals surface area contributed by atoms with Crippen molar-refractivity contribution in [3.63, 3.8) is 0 Å². The number of nitrogens with one attached hydrogen (secondary N) is 1. The predicted octanol–water partition coefficient (Wildman–Crippen LogP) is 0.0192. The summed E-state index contributed by atoms with van der Waals surface area (Å²) < 4.78 is 5.03. The van der Waals surface area contributed by atoms with Crippen LogP contribution in [0.4, 0.5) is 5.69 Å². The van der Waals surface area contributed by atoms with Gasteiger partial charge in [0.25, 0.3) is 5.69 Å². The molecule has 0 radical (unpaired) electrons. The van der Waals surface area contributed by atoms with Crippen LogP contribution in [0.25, 0.3) is 0 Å².